The Kier molecular flexibility index (Phi) is 5.34. The molecule has 0 bridgehead atoms. The van der Waals surface area contributed by atoms with Gasteiger partial charge in [-0.2, -0.15) is 0 Å². The van der Waals surface area contributed by atoms with Crippen LogP contribution in [0.3, 0.4) is 0 Å². The van der Waals surface area contributed by atoms with Crippen molar-refractivity contribution in [3.8, 4) is 5.75 Å². The summed E-state index contributed by atoms with van der Waals surface area (Å²) in [6.07, 6.45) is -0.702. The lowest BCUT2D eigenvalue weighted by molar-refractivity contribution is 0.187. The number of aliphatic hydroxyl groups is 1. The average molecular weight is 326 g/mol. The number of halogens is 2. The molecule has 0 aliphatic rings. The van der Waals surface area contributed by atoms with Crippen LogP contribution >= 0.6 is 23.2 Å². The van der Waals surface area contributed by atoms with Gasteiger partial charge in [-0.3, -0.25) is 0 Å². The highest BCUT2D eigenvalue weighted by Crippen LogP contribution is 2.29. The number of nitrogens with one attached hydrogen (secondary N) is 1. The highest BCUT2D eigenvalue weighted by Gasteiger charge is 2.14. The molecule has 0 radical (unpaired) electrons. The maximum absolute atomic E-state index is 10.4. The van der Waals surface area contributed by atoms with Crippen molar-refractivity contribution in [3.63, 3.8) is 0 Å². The van der Waals surface area contributed by atoms with Gasteiger partial charge in [0.2, 0.25) is 0 Å². The molecule has 5 heteroatoms. The van der Waals surface area contributed by atoms with Crippen LogP contribution in [0.2, 0.25) is 10.0 Å². The van der Waals surface area contributed by atoms with Crippen molar-refractivity contribution in [3.05, 3.63) is 57.6 Å². The van der Waals surface area contributed by atoms with Crippen molar-refractivity contribution in [2.45, 2.75) is 13.0 Å². The lowest BCUT2D eigenvalue weighted by Gasteiger charge is -2.17. The molecule has 112 valence electrons. The standard InChI is InChI=1S/C16H17Cl2NO2/c1-10-3-6-16(21-2)12(7-10)15(20)9-19-14-5-4-11(17)8-13(14)18/h3-8,15,19-20H,9H2,1-2H3. The molecule has 2 N–H and O–H groups in total. The zero-order chi connectivity index (χ0) is 15.4. The quantitative estimate of drug-likeness (QED) is 0.852. The summed E-state index contributed by atoms with van der Waals surface area (Å²) in [7, 11) is 1.59. The maximum atomic E-state index is 10.4. The van der Waals surface area contributed by atoms with E-state index in [1.54, 1.807) is 25.3 Å². The van der Waals surface area contributed by atoms with Crippen molar-refractivity contribution < 1.29 is 9.84 Å². The Bertz CT molecular complexity index is 632. The Morgan fingerprint density at radius 1 is 1.19 bits per heavy atom. The van der Waals surface area contributed by atoms with E-state index in [2.05, 4.69) is 5.32 Å². The third-order valence-corrected chi connectivity index (χ3v) is 3.71. The molecule has 2 aromatic carbocycles. The zero-order valence-electron chi connectivity index (χ0n) is 11.9. The number of ether oxygens (including phenoxy) is 1. The van der Waals surface area contributed by atoms with E-state index in [4.69, 9.17) is 27.9 Å². The number of anilines is 1. The lowest BCUT2D eigenvalue weighted by atomic mass is 10.1. The van der Waals surface area contributed by atoms with Crippen LogP contribution < -0.4 is 10.1 Å². The minimum atomic E-state index is -0.702. The summed E-state index contributed by atoms with van der Waals surface area (Å²) in [6.45, 7) is 2.29. The molecular weight excluding hydrogens is 309 g/mol. The summed E-state index contributed by atoms with van der Waals surface area (Å²) in [5.41, 5.74) is 2.54. The topological polar surface area (TPSA) is 41.5 Å². The summed E-state index contributed by atoms with van der Waals surface area (Å²) in [6, 6.07) is 10.9. The first kappa shape index (κ1) is 16.0. The molecular formula is C16H17Cl2NO2. The molecule has 1 unspecified atom stereocenters. The molecule has 0 fully saturated rings. The van der Waals surface area contributed by atoms with E-state index < -0.39 is 6.10 Å². The van der Waals surface area contributed by atoms with E-state index in [9.17, 15) is 5.11 Å². The van der Waals surface area contributed by atoms with E-state index in [0.717, 1.165) is 16.8 Å². The van der Waals surface area contributed by atoms with Gasteiger partial charge in [-0.1, -0.05) is 34.8 Å². The number of benzene rings is 2. The number of aryl methyl sites for hydroxylation is 1. The third kappa shape index (κ3) is 4.03. The number of hydrogen-bond donors (Lipinski definition) is 2. The van der Waals surface area contributed by atoms with Gasteiger partial charge < -0.3 is 15.2 Å². The monoisotopic (exact) mass is 325 g/mol. The fourth-order valence-electron chi connectivity index (χ4n) is 2.06. The van der Waals surface area contributed by atoms with E-state index in [1.165, 1.54) is 0 Å². The highest BCUT2D eigenvalue weighted by molar-refractivity contribution is 6.36. The Morgan fingerprint density at radius 2 is 1.95 bits per heavy atom. The number of hydrogen-bond acceptors (Lipinski definition) is 3. The summed E-state index contributed by atoms with van der Waals surface area (Å²) in [4.78, 5) is 0. The van der Waals surface area contributed by atoms with Crippen LogP contribution in [0.5, 0.6) is 5.75 Å². The Labute approximate surface area is 134 Å². The van der Waals surface area contributed by atoms with Crippen LogP contribution in [0, 0.1) is 6.92 Å². The minimum absolute atomic E-state index is 0.321. The second kappa shape index (κ2) is 7.03. The van der Waals surface area contributed by atoms with Crippen LogP contribution in [0.1, 0.15) is 17.2 Å². The summed E-state index contributed by atoms with van der Waals surface area (Å²) >= 11 is 11.9. The van der Waals surface area contributed by atoms with E-state index in [0.29, 0.717) is 22.3 Å². The van der Waals surface area contributed by atoms with Crippen LogP contribution in [0.4, 0.5) is 5.69 Å². The maximum Gasteiger partial charge on any atom is 0.124 e. The fraction of sp³-hybridized carbons (Fsp3) is 0.250. The van der Waals surface area contributed by atoms with Gasteiger partial charge in [-0.15, -0.1) is 0 Å². The zero-order valence-corrected chi connectivity index (χ0v) is 13.4. The molecule has 0 saturated carbocycles. The van der Waals surface area contributed by atoms with Gasteiger partial charge >= 0.3 is 0 Å². The summed E-state index contributed by atoms with van der Waals surface area (Å²) < 4.78 is 5.28. The molecule has 3 nitrogen and oxygen atoms in total. The Balaban J connectivity index is 2.11. The predicted molar refractivity (Wildman–Crippen MR) is 87.6 cm³/mol. The molecule has 21 heavy (non-hydrogen) atoms. The van der Waals surface area contributed by atoms with Crippen LogP contribution in [-0.2, 0) is 0 Å². The van der Waals surface area contributed by atoms with Crippen LogP contribution in [-0.4, -0.2) is 18.8 Å². The second-order valence-corrected chi connectivity index (χ2v) is 5.61. The highest BCUT2D eigenvalue weighted by atomic mass is 35.5. The molecule has 0 aliphatic heterocycles. The van der Waals surface area contributed by atoms with Gasteiger partial charge in [0.25, 0.3) is 0 Å². The first-order valence-corrected chi connectivity index (χ1v) is 7.28. The van der Waals surface area contributed by atoms with Crippen molar-refractivity contribution in [2.75, 3.05) is 19.0 Å². The summed E-state index contributed by atoms with van der Waals surface area (Å²) in [5, 5.41) is 14.6. The van der Waals surface area contributed by atoms with E-state index >= 15 is 0 Å². The number of rotatable bonds is 5. The van der Waals surface area contributed by atoms with Crippen LogP contribution in [0.25, 0.3) is 0 Å². The lowest BCUT2D eigenvalue weighted by Crippen LogP contribution is -2.13. The van der Waals surface area contributed by atoms with Crippen LogP contribution in [0.15, 0.2) is 36.4 Å². The number of methoxy groups -OCH3 is 1. The largest absolute Gasteiger partial charge is 0.496 e. The molecule has 0 amide bonds. The minimum Gasteiger partial charge on any atom is -0.496 e. The fourth-order valence-corrected chi connectivity index (χ4v) is 2.54. The molecule has 0 spiro atoms. The molecule has 0 saturated heterocycles. The van der Waals surface area contributed by atoms with Gasteiger partial charge in [0.1, 0.15) is 5.75 Å². The predicted octanol–water partition coefficient (Wildman–Crippen LogP) is 4.46. The molecule has 0 aliphatic carbocycles. The summed E-state index contributed by atoms with van der Waals surface area (Å²) in [5.74, 6) is 0.664. The molecule has 0 aromatic heterocycles. The van der Waals surface area contributed by atoms with E-state index in [1.807, 2.05) is 25.1 Å². The molecule has 2 aromatic rings. The Hall–Kier alpha value is -1.42. The van der Waals surface area contributed by atoms with Crippen molar-refractivity contribution in [1.82, 2.24) is 0 Å². The average Bonchev–Trinajstić information content (AvgIpc) is 2.46. The van der Waals surface area contributed by atoms with E-state index in [-0.39, 0.29) is 0 Å². The second-order valence-electron chi connectivity index (χ2n) is 4.77. The first-order valence-electron chi connectivity index (χ1n) is 6.53. The van der Waals surface area contributed by atoms with Gasteiger partial charge in [0.15, 0.2) is 0 Å². The van der Waals surface area contributed by atoms with Crippen molar-refractivity contribution >= 4 is 28.9 Å². The number of aliphatic hydroxyl groups excluding tert-OH is 1. The normalized spacial score (nSPS) is 12.0. The molecule has 2 rings (SSSR count). The van der Waals surface area contributed by atoms with Gasteiger partial charge in [-0.05, 0) is 37.3 Å². The molecule has 0 heterocycles. The SMILES string of the molecule is COc1ccc(C)cc1C(O)CNc1ccc(Cl)cc1Cl. The molecule has 1 atom stereocenters. The third-order valence-electron chi connectivity index (χ3n) is 3.16. The smallest absolute Gasteiger partial charge is 0.124 e. The first-order chi connectivity index (χ1) is 10.0. The van der Waals surface area contributed by atoms with Gasteiger partial charge in [0, 0.05) is 17.1 Å². The Morgan fingerprint density at radius 3 is 2.62 bits per heavy atom. The van der Waals surface area contributed by atoms with Crippen molar-refractivity contribution in [1.29, 1.82) is 0 Å². The van der Waals surface area contributed by atoms with Gasteiger partial charge in [0.05, 0.1) is 23.9 Å². The van der Waals surface area contributed by atoms with Gasteiger partial charge in [-0.25, -0.2) is 0 Å². The van der Waals surface area contributed by atoms with Crippen molar-refractivity contribution in [2.24, 2.45) is 0 Å².